The molecule has 6 nitrogen and oxygen atoms in total. The van der Waals surface area contributed by atoms with Gasteiger partial charge in [-0.25, -0.2) is 0 Å². The van der Waals surface area contributed by atoms with Crippen molar-refractivity contribution in [3.8, 4) is 11.5 Å². The highest BCUT2D eigenvalue weighted by atomic mass is 16.3. The normalized spacial score (nSPS) is 11.2. The topological polar surface area (TPSA) is 102 Å². The van der Waals surface area contributed by atoms with Crippen molar-refractivity contribution in [2.45, 2.75) is 19.4 Å². The molecule has 3 rings (SSSR count). The lowest BCUT2D eigenvalue weighted by Gasteiger charge is -2.32. The van der Waals surface area contributed by atoms with Crippen molar-refractivity contribution < 1.29 is 15.0 Å². The Hall–Kier alpha value is -3.54. The number of H-pyrrole nitrogens is 1. The molecule has 0 atom stereocenters. The monoisotopic (exact) mass is 364 g/mol. The first-order valence-electron chi connectivity index (χ1n) is 8.41. The largest absolute Gasteiger partial charge is 0.508 e. The molecule has 0 aliphatic carbocycles. The molecule has 0 saturated heterocycles. The van der Waals surface area contributed by atoms with Crippen LogP contribution in [0.1, 0.15) is 34.1 Å². The first-order chi connectivity index (χ1) is 12.8. The van der Waals surface area contributed by atoms with Crippen LogP contribution in [0.4, 0.5) is 0 Å². The van der Waals surface area contributed by atoms with Crippen LogP contribution in [-0.2, 0) is 5.54 Å². The van der Waals surface area contributed by atoms with Crippen LogP contribution < -0.4 is 10.9 Å². The summed E-state index contributed by atoms with van der Waals surface area (Å²) in [6, 6.07) is 16.0. The lowest BCUT2D eigenvalue weighted by atomic mass is 9.84. The minimum atomic E-state index is -0.990. The molecule has 2 aromatic carbocycles. The Labute approximate surface area is 156 Å². The number of hydrogen-bond acceptors (Lipinski definition) is 4. The molecular weight excluding hydrogens is 344 g/mol. The molecule has 1 amide bonds. The molecule has 3 aromatic rings. The van der Waals surface area contributed by atoms with Crippen LogP contribution in [0.3, 0.4) is 0 Å². The molecule has 0 unspecified atom stereocenters. The maximum absolute atomic E-state index is 12.8. The summed E-state index contributed by atoms with van der Waals surface area (Å²) in [5.41, 5.74) is 0.633. The summed E-state index contributed by atoms with van der Waals surface area (Å²) in [7, 11) is 0. The van der Waals surface area contributed by atoms with Crippen molar-refractivity contribution in [3.63, 3.8) is 0 Å². The second kappa shape index (κ2) is 6.99. The van der Waals surface area contributed by atoms with Crippen molar-refractivity contribution in [1.82, 2.24) is 10.3 Å². The summed E-state index contributed by atoms with van der Waals surface area (Å²) in [4.78, 5) is 27.6. The van der Waals surface area contributed by atoms with E-state index in [4.69, 9.17) is 0 Å². The van der Waals surface area contributed by atoms with Gasteiger partial charge < -0.3 is 20.5 Å². The first kappa shape index (κ1) is 18.3. The number of benzene rings is 2. The van der Waals surface area contributed by atoms with Gasteiger partial charge in [0.25, 0.3) is 11.5 Å². The fraction of sp³-hybridized carbons (Fsp3) is 0.143. The van der Waals surface area contributed by atoms with E-state index in [0.717, 1.165) is 0 Å². The number of aromatic amines is 1. The summed E-state index contributed by atoms with van der Waals surface area (Å²) in [6.07, 6.45) is 0. The van der Waals surface area contributed by atoms with Crippen LogP contribution in [-0.4, -0.2) is 21.1 Å². The number of carbonyl (C=O) groups excluding carboxylic acids is 1. The molecule has 27 heavy (non-hydrogen) atoms. The van der Waals surface area contributed by atoms with Crippen LogP contribution in [0.15, 0.2) is 65.5 Å². The van der Waals surface area contributed by atoms with Crippen molar-refractivity contribution in [2.24, 2.45) is 0 Å². The Morgan fingerprint density at radius 2 is 1.37 bits per heavy atom. The zero-order chi connectivity index (χ0) is 19.6. The van der Waals surface area contributed by atoms with E-state index in [1.807, 2.05) is 0 Å². The van der Waals surface area contributed by atoms with Gasteiger partial charge in [-0.3, -0.25) is 9.59 Å². The van der Waals surface area contributed by atoms with Crippen molar-refractivity contribution in [3.05, 3.63) is 93.4 Å². The lowest BCUT2D eigenvalue weighted by molar-refractivity contribution is 0.0917. The zero-order valence-electron chi connectivity index (χ0n) is 15.0. The number of carbonyl (C=O) groups is 1. The quantitative estimate of drug-likeness (QED) is 0.572. The molecule has 0 fully saturated rings. The van der Waals surface area contributed by atoms with E-state index in [1.54, 1.807) is 44.2 Å². The van der Waals surface area contributed by atoms with E-state index >= 15 is 0 Å². The maximum Gasteiger partial charge on any atom is 0.260 e. The number of aromatic nitrogens is 1. The Morgan fingerprint density at radius 1 is 0.889 bits per heavy atom. The van der Waals surface area contributed by atoms with E-state index in [0.29, 0.717) is 16.8 Å². The van der Waals surface area contributed by atoms with Crippen molar-refractivity contribution >= 4 is 5.91 Å². The smallest absolute Gasteiger partial charge is 0.260 e. The molecule has 0 aliphatic rings. The number of nitrogens with one attached hydrogen (secondary N) is 2. The zero-order valence-corrected chi connectivity index (χ0v) is 15.0. The van der Waals surface area contributed by atoms with E-state index in [2.05, 4.69) is 10.3 Å². The van der Waals surface area contributed by atoms with Gasteiger partial charge in [-0.05, 0) is 61.4 Å². The van der Waals surface area contributed by atoms with Gasteiger partial charge in [-0.2, -0.15) is 0 Å². The second-order valence-corrected chi connectivity index (χ2v) is 6.56. The summed E-state index contributed by atoms with van der Waals surface area (Å²) in [5, 5.41) is 22.1. The van der Waals surface area contributed by atoms with E-state index < -0.39 is 17.0 Å². The third-order valence-corrected chi connectivity index (χ3v) is 4.55. The van der Waals surface area contributed by atoms with E-state index in [-0.39, 0.29) is 17.1 Å². The summed E-state index contributed by atoms with van der Waals surface area (Å²) in [5.74, 6) is -0.318. The SMILES string of the molecule is Cc1ccc(C(=O)NC(C)(c2ccc(O)cc2)c2ccc(O)cc2)c(=O)[nH]1. The highest BCUT2D eigenvalue weighted by Gasteiger charge is 2.32. The van der Waals surface area contributed by atoms with Crippen molar-refractivity contribution in [1.29, 1.82) is 0 Å². The molecule has 138 valence electrons. The number of phenolic OH excluding ortho intramolecular Hbond substituents is 2. The van der Waals surface area contributed by atoms with Gasteiger partial charge in [0, 0.05) is 5.69 Å². The molecule has 0 saturated carbocycles. The van der Waals surface area contributed by atoms with E-state index in [1.165, 1.54) is 30.3 Å². The molecule has 0 radical (unpaired) electrons. The number of amides is 1. The Balaban J connectivity index is 2.06. The second-order valence-electron chi connectivity index (χ2n) is 6.56. The summed E-state index contributed by atoms with van der Waals surface area (Å²) < 4.78 is 0. The number of phenols is 2. The minimum absolute atomic E-state index is 0.00406. The third-order valence-electron chi connectivity index (χ3n) is 4.55. The molecule has 4 N–H and O–H groups in total. The minimum Gasteiger partial charge on any atom is -0.508 e. The van der Waals surface area contributed by atoms with Crippen LogP contribution in [0.5, 0.6) is 11.5 Å². The molecule has 6 heteroatoms. The van der Waals surface area contributed by atoms with Gasteiger partial charge in [0.1, 0.15) is 17.1 Å². The third kappa shape index (κ3) is 3.69. The Morgan fingerprint density at radius 3 is 1.81 bits per heavy atom. The molecule has 0 bridgehead atoms. The van der Waals surface area contributed by atoms with Crippen LogP contribution in [0.25, 0.3) is 0 Å². The van der Waals surface area contributed by atoms with Gasteiger partial charge >= 0.3 is 0 Å². The Bertz CT molecular complexity index is 976. The number of rotatable bonds is 4. The molecule has 1 aromatic heterocycles. The van der Waals surface area contributed by atoms with Gasteiger partial charge in [-0.15, -0.1) is 0 Å². The number of hydrogen-bond donors (Lipinski definition) is 4. The average Bonchev–Trinajstić information content (AvgIpc) is 2.62. The van der Waals surface area contributed by atoms with Crippen molar-refractivity contribution in [2.75, 3.05) is 0 Å². The van der Waals surface area contributed by atoms with Crippen LogP contribution in [0, 0.1) is 6.92 Å². The van der Waals surface area contributed by atoms with Crippen LogP contribution in [0.2, 0.25) is 0 Å². The number of aromatic hydroxyl groups is 2. The van der Waals surface area contributed by atoms with Gasteiger partial charge in [-0.1, -0.05) is 24.3 Å². The van der Waals surface area contributed by atoms with E-state index in [9.17, 15) is 19.8 Å². The predicted octanol–water partition coefficient (Wildman–Crippen LogP) is 2.79. The maximum atomic E-state index is 12.8. The van der Waals surface area contributed by atoms with Crippen LogP contribution >= 0.6 is 0 Å². The lowest BCUT2D eigenvalue weighted by Crippen LogP contribution is -2.45. The molecule has 0 aliphatic heterocycles. The first-order valence-corrected chi connectivity index (χ1v) is 8.41. The molecular formula is C21H20N2O4. The Kier molecular flexibility index (Phi) is 4.73. The number of aryl methyl sites for hydroxylation is 1. The van der Waals surface area contributed by atoms with Gasteiger partial charge in [0.2, 0.25) is 0 Å². The predicted molar refractivity (Wildman–Crippen MR) is 102 cm³/mol. The summed E-state index contributed by atoms with van der Waals surface area (Å²) >= 11 is 0. The summed E-state index contributed by atoms with van der Waals surface area (Å²) in [6.45, 7) is 3.53. The fourth-order valence-electron chi connectivity index (χ4n) is 2.95. The van der Waals surface area contributed by atoms with Gasteiger partial charge in [0.15, 0.2) is 0 Å². The highest BCUT2D eigenvalue weighted by molar-refractivity contribution is 5.94. The molecule has 0 spiro atoms. The molecule has 1 heterocycles. The average molecular weight is 364 g/mol. The fourth-order valence-corrected chi connectivity index (χ4v) is 2.95. The highest BCUT2D eigenvalue weighted by Crippen LogP contribution is 2.31. The van der Waals surface area contributed by atoms with Gasteiger partial charge in [0.05, 0.1) is 5.54 Å². The standard InChI is InChI=1S/C21H20N2O4/c1-13-3-12-18(19(26)22-13)20(27)23-21(2,14-4-8-16(24)9-5-14)15-6-10-17(25)11-7-15/h3-12,24-25H,1-2H3,(H,22,26)(H,23,27). The number of pyridine rings is 1.